The summed E-state index contributed by atoms with van der Waals surface area (Å²) in [5, 5.41) is 2.44. The highest BCUT2D eigenvalue weighted by Crippen LogP contribution is 2.30. The number of hydroxylamine groups is 1. The fourth-order valence-electron chi connectivity index (χ4n) is 1.84. The lowest BCUT2D eigenvalue weighted by Crippen LogP contribution is -2.29. The molecule has 10 heteroatoms. The standard InChI is InChI=1S/C15H14BrF2N3O4/c1-3-24-20-15(23)25-11-7-21(2)14(22)12(18)13(11)19-10-5-4-8(16)6-9(10)17/h4-7,19H,3H2,1-2H3,(H,20,23). The molecule has 1 aromatic carbocycles. The predicted molar refractivity (Wildman–Crippen MR) is 89.8 cm³/mol. The highest BCUT2D eigenvalue weighted by molar-refractivity contribution is 9.10. The smallest absolute Gasteiger partial charge is 0.405 e. The first-order chi connectivity index (χ1) is 11.8. The van der Waals surface area contributed by atoms with E-state index in [1.54, 1.807) is 6.92 Å². The predicted octanol–water partition coefficient (Wildman–Crippen LogP) is 3.21. The Morgan fingerprint density at radius 2 is 2.08 bits per heavy atom. The van der Waals surface area contributed by atoms with Gasteiger partial charge in [-0.15, -0.1) is 0 Å². The highest BCUT2D eigenvalue weighted by Gasteiger charge is 2.20. The Hall–Kier alpha value is -2.46. The summed E-state index contributed by atoms with van der Waals surface area (Å²) in [4.78, 5) is 28.1. The average Bonchev–Trinajstić information content (AvgIpc) is 2.56. The number of hydrogen-bond donors (Lipinski definition) is 2. The molecule has 25 heavy (non-hydrogen) atoms. The van der Waals surface area contributed by atoms with Gasteiger partial charge in [0.1, 0.15) is 11.5 Å². The number of aryl methyl sites for hydroxylation is 1. The van der Waals surface area contributed by atoms with Crippen molar-refractivity contribution in [2.24, 2.45) is 7.05 Å². The Morgan fingerprint density at radius 1 is 1.36 bits per heavy atom. The van der Waals surface area contributed by atoms with E-state index >= 15 is 0 Å². The molecular weight excluding hydrogens is 404 g/mol. The number of hydrogen-bond acceptors (Lipinski definition) is 5. The second-order valence-corrected chi connectivity index (χ2v) is 5.69. The van der Waals surface area contributed by atoms with Crippen molar-refractivity contribution in [3.8, 4) is 5.75 Å². The molecule has 2 rings (SSSR count). The zero-order valence-corrected chi connectivity index (χ0v) is 14.8. The fraction of sp³-hybridized carbons (Fsp3) is 0.200. The Balaban J connectivity index is 2.42. The van der Waals surface area contributed by atoms with Gasteiger partial charge in [0, 0.05) is 11.5 Å². The fourth-order valence-corrected chi connectivity index (χ4v) is 2.17. The van der Waals surface area contributed by atoms with Crippen LogP contribution in [0.25, 0.3) is 0 Å². The number of halogens is 3. The Labute approximate surface area is 149 Å². The summed E-state index contributed by atoms with van der Waals surface area (Å²) in [6.07, 6.45) is 0.0648. The third-order valence-electron chi connectivity index (χ3n) is 2.98. The zero-order valence-electron chi connectivity index (χ0n) is 13.2. The van der Waals surface area contributed by atoms with Crippen LogP contribution in [0.2, 0.25) is 0 Å². The zero-order chi connectivity index (χ0) is 18.6. The van der Waals surface area contributed by atoms with Crippen LogP contribution in [0.1, 0.15) is 6.92 Å². The molecule has 7 nitrogen and oxygen atoms in total. The van der Waals surface area contributed by atoms with Crippen molar-refractivity contribution in [1.29, 1.82) is 0 Å². The molecule has 2 N–H and O–H groups in total. The Bertz CT molecular complexity index is 857. The second-order valence-electron chi connectivity index (χ2n) is 4.77. The summed E-state index contributed by atoms with van der Waals surface area (Å²) in [5.41, 5.74) is 0.409. The number of nitrogens with zero attached hydrogens (tertiary/aromatic N) is 1. The molecule has 0 aliphatic rings. The second kappa shape index (κ2) is 8.08. The molecule has 1 amide bonds. The third-order valence-corrected chi connectivity index (χ3v) is 3.47. The Kier molecular flexibility index (Phi) is 6.10. The number of pyridine rings is 1. The number of aromatic nitrogens is 1. The van der Waals surface area contributed by atoms with Crippen LogP contribution in [0.4, 0.5) is 25.0 Å². The van der Waals surface area contributed by atoms with Crippen molar-refractivity contribution in [3.63, 3.8) is 0 Å². The summed E-state index contributed by atoms with van der Waals surface area (Å²) in [5.74, 6) is -2.25. The summed E-state index contributed by atoms with van der Waals surface area (Å²) < 4.78 is 34.6. The maximum absolute atomic E-state index is 14.4. The molecule has 0 atom stereocenters. The number of anilines is 2. The normalized spacial score (nSPS) is 10.4. The van der Waals surface area contributed by atoms with E-state index in [4.69, 9.17) is 4.74 Å². The molecule has 1 aromatic heterocycles. The van der Waals surface area contributed by atoms with Gasteiger partial charge in [0.15, 0.2) is 5.75 Å². The van der Waals surface area contributed by atoms with E-state index in [1.165, 1.54) is 19.2 Å². The van der Waals surface area contributed by atoms with Gasteiger partial charge in [-0.25, -0.2) is 9.18 Å². The molecule has 0 aliphatic carbocycles. The number of benzene rings is 1. The molecule has 0 bridgehead atoms. The van der Waals surface area contributed by atoms with Crippen molar-refractivity contribution in [2.75, 3.05) is 11.9 Å². The number of carbonyl (C=O) groups excluding carboxylic acids is 1. The van der Waals surface area contributed by atoms with Gasteiger partial charge in [0.05, 0.1) is 18.5 Å². The summed E-state index contributed by atoms with van der Waals surface area (Å²) in [6.45, 7) is 1.82. The molecule has 2 aromatic rings. The van der Waals surface area contributed by atoms with Crippen molar-refractivity contribution < 1.29 is 23.1 Å². The molecule has 0 spiro atoms. The molecule has 0 unspecified atom stereocenters. The summed E-state index contributed by atoms with van der Waals surface area (Å²) in [6, 6.07) is 4.01. The van der Waals surface area contributed by atoms with Crippen molar-refractivity contribution in [2.45, 2.75) is 6.92 Å². The molecule has 0 fully saturated rings. The van der Waals surface area contributed by atoms with Crippen LogP contribution in [0.15, 0.2) is 33.7 Å². The van der Waals surface area contributed by atoms with E-state index in [-0.39, 0.29) is 18.0 Å². The van der Waals surface area contributed by atoms with E-state index in [1.807, 2.05) is 5.48 Å². The van der Waals surface area contributed by atoms with E-state index in [2.05, 4.69) is 26.1 Å². The maximum Gasteiger partial charge on any atom is 0.436 e. The number of carbonyl (C=O) groups is 1. The molecule has 1 heterocycles. The van der Waals surface area contributed by atoms with E-state index in [0.717, 1.165) is 16.8 Å². The first-order valence-electron chi connectivity index (χ1n) is 7.04. The van der Waals surface area contributed by atoms with Crippen LogP contribution in [0.5, 0.6) is 5.75 Å². The van der Waals surface area contributed by atoms with Crippen LogP contribution in [-0.4, -0.2) is 17.3 Å². The molecule has 0 saturated carbocycles. The van der Waals surface area contributed by atoms with Gasteiger partial charge in [-0.2, -0.15) is 9.87 Å². The van der Waals surface area contributed by atoms with Crippen LogP contribution in [0, 0.1) is 11.6 Å². The monoisotopic (exact) mass is 417 g/mol. The summed E-state index contributed by atoms with van der Waals surface area (Å²) >= 11 is 3.10. The highest BCUT2D eigenvalue weighted by atomic mass is 79.9. The first-order valence-corrected chi connectivity index (χ1v) is 7.83. The van der Waals surface area contributed by atoms with Gasteiger partial charge in [-0.3, -0.25) is 9.63 Å². The van der Waals surface area contributed by atoms with Crippen LogP contribution < -0.4 is 21.1 Å². The molecule has 0 saturated heterocycles. The number of amides is 1. The Morgan fingerprint density at radius 3 is 2.72 bits per heavy atom. The largest absolute Gasteiger partial charge is 0.436 e. The molecule has 134 valence electrons. The van der Waals surface area contributed by atoms with Crippen molar-refractivity contribution in [1.82, 2.24) is 10.0 Å². The van der Waals surface area contributed by atoms with Gasteiger partial charge >= 0.3 is 6.09 Å². The van der Waals surface area contributed by atoms with Crippen molar-refractivity contribution >= 4 is 33.4 Å². The average molecular weight is 418 g/mol. The lowest BCUT2D eigenvalue weighted by atomic mass is 10.2. The number of ether oxygens (including phenoxy) is 1. The van der Waals surface area contributed by atoms with Gasteiger partial charge in [-0.05, 0) is 25.1 Å². The maximum atomic E-state index is 14.4. The molecular formula is C15H14BrF2N3O4. The van der Waals surface area contributed by atoms with Crippen LogP contribution >= 0.6 is 15.9 Å². The van der Waals surface area contributed by atoms with Crippen molar-refractivity contribution in [3.05, 3.63) is 50.9 Å². The van der Waals surface area contributed by atoms with Gasteiger partial charge < -0.3 is 14.6 Å². The topological polar surface area (TPSA) is 81.6 Å². The van der Waals surface area contributed by atoms with Crippen LogP contribution in [-0.2, 0) is 11.9 Å². The number of nitrogens with one attached hydrogen (secondary N) is 2. The summed E-state index contributed by atoms with van der Waals surface area (Å²) in [7, 11) is 1.28. The molecule has 0 radical (unpaired) electrons. The minimum Gasteiger partial charge on any atom is -0.405 e. The van der Waals surface area contributed by atoms with E-state index < -0.39 is 29.0 Å². The lowest BCUT2D eigenvalue weighted by molar-refractivity contribution is 0.0534. The van der Waals surface area contributed by atoms with E-state index in [0.29, 0.717) is 4.47 Å². The minimum absolute atomic E-state index is 0.106. The van der Waals surface area contributed by atoms with Crippen LogP contribution in [0.3, 0.4) is 0 Å². The van der Waals surface area contributed by atoms with E-state index in [9.17, 15) is 18.4 Å². The lowest BCUT2D eigenvalue weighted by Gasteiger charge is -2.15. The van der Waals surface area contributed by atoms with Gasteiger partial charge in [0.2, 0.25) is 5.82 Å². The molecule has 0 aliphatic heterocycles. The van der Waals surface area contributed by atoms with Gasteiger partial charge in [-0.1, -0.05) is 15.9 Å². The SMILES string of the molecule is CCONC(=O)Oc1cn(C)c(=O)c(F)c1Nc1ccc(Br)cc1F. The number of rotatable bonds is 5. The van der Waals surface area contributed by atoms with Gasteiger partial charge in [0.25, 0.3) is 5.56 Å². The third kappa shape index (κ3) is 4.54. The minimum atomic E-state index is -1.23. The quantitative estimate of drug-likeness (QED) is 0.729. The first kappa shape index (κ1) is 18.9.